The molecule has 0 saturated carbocycles. The molecule has 2 rings (SSSR count). The summed E-state index contributed by atoms with van der Waals surface area (Å²) in [6.45, 7) is 0.528. The number of halogens is 3. The summed E-state index contributed by atoms with van der Waals surface area (Å²) in [5, 5.41) is 5.73. The number of hydrogen-bond acceptors (Lipinski definition) is 4. The first-order valence-electron chi connectivity index (χ1n) is 9.20. The smallest absolute Gasteiger partial charge is 0.405 e. The summed E-state index contributed by atoms with van der Waals surface area (Å²) in [6, 6.07) is 11.4. The summed E-state index contributed by atoms with van der Waals surface area (Å²) in [4.78, 5) is 22.1. The fourth-order valence-electron chi connectivity index (χ4n) is 2.52. The van der Waals surface area contributed by atoms with Crippen LogP contribution in [0.3, 0.4) is 0 Å². The van der Waals surface area contributed by atoms with E-state index in [2.05, 4.69) is 25.3 Å². The number of aliphatic imine (C=N–C) groups is 1. The molecule has 162 valence electrons. The molecule has 0 radical (unpaired) electrons. The van der Waals surface area contributed by atoms with Gasteiger partial charge in [-0.15, -0.1) is 13.2 Å². The van der Waals surface area contributed by atoms with Gasteiger partial charge in [0.05, 0.1) is 6.54 Å². The van der Waals surface area contributed by atoms with Crippen molar-refractivity contribution >= 4 is 11.9 Å². The van der Waals surface area contributed by atoms with Crippen LogP contribution in [0, 0.1) is 0 Å². The zero-order chi connectivity index (χ0) is 22.0. The molecule has 30 heavy (non-hydrogen) atoms. The lowest BCUT2D eigenvalue weighted by Gasteiger charge is -2.19. The van der Waals surface area contributed by atoms with Crippen LogP contribution in [0.4, 0.5) is 13.2 Å². The second kappa shape index (κ2) is 11.0. The third kappa shape index (κ3) is 7.98. The number of carbonyl (C=O) groups is 1. The standard InChI is InChI=1S/C20H24F3N5O2/c1-24-19(26-13-15-7-3-4-9-17(15)30-20(21,22)23)27-14-18(29)28(2)12-10-16-8-5-6-11-25-16/h3-9,11H,10,12-14H2,1-2H3,(H2,24,26,27). The minimum Gasteiger partial charge on any atom is -0.405 e. The van der Waals surface area contributed by atoms with E-state index in [4.69, 9.17) is 0 Å². The van der Waals surface area contributed by atoms with Gasteiger partial charge < -0.3 is 20.3 Å². The fourth-order valence-corrected chi connectivity index (χ4v) is 2.52. The van der Waals surface area contributed by atoms with E-state index in [1.54, 1.807) is 24.2 Å². The molecule has 0 aliphatic carbocycles. The van der Waals surface area contributed by atoms with Crippen LogP contribution < -0.4 is 15.4 Å². The van der Waals surface area contributed by atoms with Gasteiger partial charge in [-0.1, -0.05) is 24.3 Å². The zero-order valence-electron chi connectivity index (χ0n) is 16.7. The van der Waals surface area contributed by atoms with Crippen LogP contribution in [0.15, 0.2) is 53.7 Å². The number of aromatic nitrogens is 1. The Morgan fingerprint density at radius 3 is 2.57 bits per heavy atom. The number of guanidine groups is 1. The van der Waals surface area contributed by atoms with E-state index < -0.39 is 6.36 Å². The van der Waals surface area contributed by atoms with Crippen molar-refractivity contribution in [3.05, 3.63) is 59.9 Å². The molecule has 0 atom stereocenters. The molecule has 0 spiro atoms. The molecular formula is C20H24F3N5O2. The Morgan fingerprint density at radius 1 is 1.17 bits per heavy atom. The number of alkyl halides is 3. The number of nitrogens with one attached hydrogen (secondary N) is 2. The van der Waals surface area contributed by atoms with Crippen LogP contribution >= 0.6 is 0 Å². The lowest BCUT2D eigenvalue weighted by molar-refractivity contribution is -0.274. The molecule has 1 aromatic carbocycles. The highest BCUT2D eigenvalue weighted by molar-refractivity contribution is 5.86. The molecule has 7 nitrogen and oxygen atoms in total. The van der Waals surface area contributed by atoms with E-state index in [0.717, 1.165) is 5.69 Å². The van der Waals surface area contributed by atoms with Crippen LogP contribution in [-0.4, -0.2) is 55.3 Å². The third-order valence-electron chi connectivity index (χ3n) is 4.13. The average molecular weight is 423 g/mol. The van der Waals surface area contributed by atoms with E-state index in [-0.39, 0.29) is 30.7 Å². The monoisotopic (exact) mass is 423 g/mol. The van der Waals surface area contributed by atoms with Gasteiger partial charge in [0.2, 0.25) is 5.91 Å². The molecule has 0 aliphatic rings. The lowest BCUT2D eigenvalue weighted by atomic mass is 10.2. The Bertz CT molecular complexity index is 844. The highest BCUT2D eigenvalue weighted by Crippen LogP contribution is 2.25. The Hall–Kier alpha value is -3.30. The maximum Gasteiger partial charge on any atom is 0.573 e. The van der Waals surface area contributed by atoms with Crippen molar-refractivity contribution in [2.24, 2.45) is 4.99 Å². The van der Waals surface area contributed by atoms with Crippen molar-refractivity contribution in [1.82, 2.24) is 20.5 Å². The quantitative estimate of drug-likeness (QED) is 0.503. The Kier molecular flexibility index (Phi) is 8.45. The number of hydrogen-bond donors (Lipinski definition) is 2. The highest BCUT2D eigenvalue weighted by atomic mass is 19.4. The van der Waals surface area contributed by atoms with Crippen molar-refractivity contribution in [3.8, 4) is 5.75 Å². The Balaban J connectivity index is 1.81. The largest absolute Gasteiger partial charge is 0.573 e. The number of rotatable bonds is 8. The summed E-state index contributed by atoms with van der Waals surface area (Å²) < 4.78 is 41.6. The maximum atomic E-state index is 12.5. The number of nitrogens with zero attached hydrogens (tertiary/aromatic N) is 3. The molecule has 10 heteroatoms. The molecule has 2 aromatic rings. The average Bonchev–Trinajstić information content (AvgIpc) is 2.72. The molecule has 2 N–H and O–H groups in total. The topological polar surface area (TPSA) is 78.9 Å². The number of pyridine rings is 1. The molecule has 1 amide bonds. The number of para-hydroxylation sites is 1. The van der Waals surface area contributed by atoms with Crippen LogP contribution in [0.2, 0.25) is 0 Å². The van der Waals surface area contributed by atoms with Gasteiger partial charge >= 0.3 is 6.36 Å². The highest BCUT2D eigenvalue weighted by Gasteiger charge is 2.31. The van der Waals surface area contributed by atoms with Crippen molar-refractivity contribution < 1.29 is 22.7 Å². The first kappa shape index (κ1) is 23.0. The zero-order valence-corrected chi connectivity index (χ0v) is 16.7. The SMILES string of the molecule is CN=C(NCC(=O)N(C)CCc1ccccn1)NCc1ccccc1OC(F)(F)F. The number of ether oxygens (including phenoxy) is 1. The van der Waals surface area contributed by atoms with Crippen molar-refractivity contribution in [1.29, 1.82) is 0 Å². The second-order valence-corrected chi connectivity index (χ2v) is 6.32. The summed E-state index contributed by atoms with van der Waals surface area (Å²) in [5.74, 6) is -0.170. The van der Waals surface area contributed by atoms with E-state index in [1.807, 2.05) is 18.2 Å². The van der Waals surface area contributed by atoms with Crippen molar-refractivity contribution in [3.63, 3.8) is 0 Å². The minimum absolute atomic E-state index is 0.0148. The van der Waals surface area contributed by atoms with E-state index in [9.17, 15) is 18.0 Å². The van der Waals surface area contributed by atoms with Gasteiger partial charge in [-0.3, -0.25) is 14.8 Å². The molecule has 1 heterocycles. The predicted molar refractivity (Wildman–Crippen MR) is 107 cm³/mol. The van der Waals surface area contributed by atoms with Gasteiger partial charge in [0, 0.05) is 51.1 Å². The molecule has 0 saturated heterocycles. The van der Waals surface area contributed by atoms with Gasteiger partial charge in [-0.2, -0.15) is 0 Å². The summed E-state index contributed by atoms with van der Waals surface area (Å²) in [5.41, 5.74) is 1.19. The van der Waals surface area contributed by atoms with E-state index >= 15 is 0 Å². The van der Waals surface area contributed by atoms with Gasteiger partial charge in [-0.05, 0) is 18.2 Å². The molecule has 0 unspecified atom stereocenters. The summed E-state index contributed by atoms with van der Waals surface area (Å²) in [7, 11) is 3.19. The molecule has 0 bridgehead atoms. The third-order valence-corrected chi connectivity index (χ3v) is 4.13. The van der Waals surface area contributed by atoms with Gasteiger partial charge in [0.15, 0.2) is 5.96 Å². The Labute approximate surface area is 173 Å². The lowest BCUT2D eigenvalue weighted by Crippen LogP contribution is -2.43. The molecule has 0 aliphatic heterocycles. The number of carbonyl (C=O) groups excluding carboxylic acids is 1. The van der Waals surface area contributed by atoms with E-state index in [0.29, 0.717) is 18.5 Å². The molecule has 1 aromatic heterocycles. The molecular weight excluding hydrogens is 399 g/mol. The maximum absolute atomic E-state index is 12.5. The Morgan fingerprint density at radius 2 is 1.90 bits per heavy atom. The number of amides is 1. The minimum atomic E-state index is -4.78. The van der Waals surface area contributed by atoms with Gasteiger partial charge in [0.25, 0.3) is 0 Å². The van der Waals surface area contributed by atoms with Gasteiger partial charge in [-0.25, -0.2) is 0 Å². The molecule has 0 fully saturated rings. The first-order chi connectivity index (χ1) is 14.3. The predicted octanol–water partition coefficient (Wildman–Crippen LogP) is 2.35. The number of benzene rings is 1. The van der Waals surface area contributed by atoms with Crippen LogP contribution in [0.1, 0.15) is 11.3 Å². The van der Waals surface area contributed by atoms with Crippen LogP contribution in [0.5, 0.6) is 5.75 Å². The van der Waals surface area contributed by atoms with Gasteiger partial charge in [0.1, 0.15) is 5.75 Å². The first-order valence-corrected chi connectivity index (χ1v) is 9.20. The van der Waals surface area contributed by atoms with Crippen LogP contribution in [0.25, 0.3) is 0 Å². The van der Waals surface area contributed by atoms with Crippen molar-refractivity contribution in [2.75, 3.05) is 27.2 Å². The van der Waals surface area contributed by atoms with E-state index in [1.165, 1.54) is 25.2 Å². The summed E-state index contributed by atoms with van der Waals surface area (Å²) >= 11 is 0. The summed E-state index contributed by atoms with van der Waals surface area (Å²) in [6.07, 6.45) is -2.44. The van der Waals surface area contributed by atoms with Crippen LogP contribution in [-0.2, 0) is 17.8 Å². The normalized spacial score (nSPS) is 11.7. The van der Waals surface area contributed by atoms with Crippen molar-refractivity contribution in [2.45, 2.75) is 19.3 Å². The second-order valence-electron chi connectivity index (χ2n) is 6.32. The fraction of sp³-hybridized carbons (Fsp3) is 0.350. The number of likely N-dealkylation sites (N-methyl/N-ethyl adjacent to an activating group) is 1.